The quantitative estimate of drug-likeness (QED) is 0.326. The smallest absolute Gasteiger partial charge is 0.475 e. The highest BCUT2D eigenvalue weighted by atomic mass is 19.4. The highest BCUT2D eigenvalue weighted by molar-refractivity contribution is 5.73. The second kappa shape index (κ2) is 15.0. The highest BCUT2D eigenvalue weighted by Gasteiger charge is 2.38. The molecule has 1 aromatic carbocycles. The molecule has 1 aliphatic rings. The summed E-state index contributed by atoms with van der Waals surface area (Å²) in [5, 5.41) is 17.7. The lowest BCUT2D eigenvalue weighted by atomic mass is 10.1. The van der Waals surface area contributed by atoms with Gasteiger partial charge in [-0.2, -0.15) is 26.3 Å². The van der Waals surface area contributed by atoms with Gasteiger partial charge in [-0.1, -0.05) is 18.2 Å². The van der Waals surface area contributed by atoms with Crippen LogP contribution in [0.5, 0.6) is 0 Å². The number of carboxylic acid groups (broad SMARTS) is 2. The zero-order valence-corrected chi connectivity index (χ0v) is 22.0. The molecule has 0 aliphatic carbocycles. The van der Waals surface area contributed by atoms with Gasteiger partial charge < -0.3 is 20.5 Å². The number of alkyl halides is 6. The lowest BCUT2D eigenvalue weighted by Gasteiger charge is -2.19. The number of carboxylic acids is 2. The van der Waals surface area contributed by atoms with Gasteiger partial charge in [0.2, 0.25) is 0 Å². The van der Waals surface area contributed by atoms with Crippen LogP contribution in [0.4, 0.5) is 26.3 Å². The number of hydrogen-bond acceptors (Lipinski definition) is 8. The standard InChI is InChI=1S/C21H24N6O.2C2HF3O2/c1-15-20(24-8-7-23-15)18-13-19(28)26-21(25-18)17-5-2-4-16(12-17)14-27-10-3-6-22-9-11-27;2*3-2(4,5)1(6)7/h2,4-5,7-8,12-13,22H,3,6,9-11,14H2,1H3,(H,25,26,28);2*(H,6,7). The predicted octanol–water partition coefficient (Wildman–Crippen LogP) is 3.26. The molecule has 17 heteroatoms. The zero-order valence-electron chi connectivity index (χ0n) is 22.0. The number of aliphatic carboxylic acids is 2. The lowest BCUT2D eigenvalue weighted by molar-refractivity contribution is -0.193. The molecule has 0 spiro atoms. The van der Waals surface area contributed by atoms with Crippen LogP contribution < -0.4 is 10.9 Å². The summed E-state index contributed by atoms with van der Waals surface area (Å²) in [7, 11) is 0. The van der Waals surface area contributed by atoms with Gasteiger partial charge in [0.25, 0.3) is 5.56 Å². The molecule has 4 N–H and O–H groups in total. The first kappa shape index (κ1) is 33.8. The van der Waals surface area contributed by atoms with E-state index in [0.29, 0.717) is 17.2 Å². The van der Waals surface area contributed by atoms with Gasteiger partial charge in [-0.05, 0) is 38.1 Å². The van der Waals surface area contributed by atoms with Crippen molar-refractivity contribution >= 4 is 11.9 Å². The van der Waals surface area contributed by atoms with E-state index in [4.69, 9.17) is 19.8 Å². The van der Waals surface area contributed by atoms with Crippen LogP contribution in [0.15, 0.2) is 47.5 Å². The van der Waals surface area contributed by atoms with E-state index in [-0.39, 0.29) is 5.56 Å². The average molecular weight is 605 g/mol. The third kappa shape index (κ3) is 11.2. The van der Waals surface area contributed by atoms with Crippen molar-refractivity contribution in [2.45, 2.75) is 32.2 Å². The van der Waals surface area contributed by atoms with Gasteiger partial charge in [0.1, 0.15) is 11.5 Å². The molecule has 4 rings (SSSR count). The van der Waals surface area contributed by atoms with Crippen molar-refractivity contribution in [3.8, 4) is 22.8 Å². The minimum Gasteiger partial charge on any atom is -0.475 e. The topological polar surface area (TPSA) is 161 Å². The zero-order chi connectivity index (χ0) is 31.5. The molecule has 3 heterocycles. The summed E-state index contributed by atoms with van der Waals surface area (Å²) in [6.07, 6.45) is -5.76. The second-order valence-corrected chi connectivity index (χ2v) is 8.66. The molecule has 42 heavy (non-hydrogen) atoms. The number of aromatic nitrogens is 4. The van der Waals surface area contributed by atoms with Crippen LogP contribution in [0, 0.1) is 6.92 Å². The normalized spacial score (nSPS) is 14.0. The van der Waals surface area contributed by atoms with E-state index < -0.39 is 24.3 Å². The number of nitrogens with one attached hydrogen (secondary N) is 2. The molecule has 1 saturated heterocycles. The van der Waals surface area contributed by atoms with Crippen LogP contribution in [-0.2, 0) is 16.1 Å². The van der Waals surface area contributed by atoms with Gasteiger partial charge in [-0.25, -0.2) is 14.6 Å². The number of halogens is 6. The number of rotatable bonds is 4. The number of aryl methyl sites for hydroxylation is 1. The van der Waals surface area contributed by atoms with Gasteiger partial charge in [-0.3, -0.25) is 19.7 Å². The fourth-order valence-electron chi connectivity index (χ4n) is 3.51. The van der Waals surface area contributed by atoms with Crippen molar-refractivity contribution in [1.82, 2.24) is 30.2 Å². The van der Waals surface area contributed by atoms with Crippen LogP contribution in [0.3, 0.4) is 0 Å². The Morgan fingerprint density at radius 1 is 0.952 bits per heavy atom. The lowest BCUT2D eigenvalue weighted by Crippen LogP contribution is -2.27. The molecule has 1 aliphatic heterocycles. The molecule has 1 fully saturated rings. The van der Waals surface area contributed by atoms with Gasteiger partial charge >= 0.3 is 24.3 Å². The third-order valence-corrected chi connectivity index (χ3v) is 5.39. The van der Waals surface area contributed by atoms with Gasteiger partial charge in [0.15, 0.2) is 0 Å². The largest absolute Gasteiger partial charge is 0.490 e. The molecule has 0 bridgehead atoms. The Bertz CT molecular complexity index is 1380. The minimum absolute atomic E-state index is 0.200. The Labute approximate surface area is 234 Å². The van der Waals surface area contributed by atoms with E-state index in [1.807, 2.05) is 19.1 Å². The SMILES string of the molecule is Cc1nccnc1-c1cc(=O)[nH]c(-c2cccc(CN3CCCNCC3)c2)n1.O=C(O)C(F)(F)F.O=C(O)C(F)(F)F. The molecule has 2 aromatic heterocycles. The molecule has 0 atom stereocenters. The summed E-state index contributed by atoms with van der Waals surface area (Å²) in [6, 6.07) is 9.68. The molecule has 0 amide bonds. The Hall–Kier alpha value is -4.38. The number of aromatic amines is 1. The van der Waals surface area contributed by atoms with Crippen LogP contribution in [0.2, 0.25) is 0 Å². The molecule has 228 valence electrons. The summed E-state index contributed by atoms with van der Waals surface area (Å²) in [4.78, 5) is 48.6. The first-order valence-corrected chi connectivity index (χ1v) is 12.1. The van der Waals surface area contributed by atoms with Crippen molar-refractivity contribution in [2.75, 3.05) is 26.2 Å². The molecule has 11 nitrogen and oxygen atoms in total. The maximum Gasteiger partial charge on any atom is 0.490 e. The van der Waals surface area contributed by atoms with Gasteiger partial charge in [0, 0.05) is 43.7 Å². The highest BCUT2D eigenvalue weighted by Crippen LogP contribution is 2.21. The fourth-order valence-corrected chi connectivity index (χ4v) is 3.51. The van der Waals surface area contributed by atoms with E-state index in [0.717, 1.165) is 50.4 Å². The first-order valence-electron chi connectivity index (χ1n) is 12.1. The van der Waals surface area contributed by atoms with Crippen molar-refractivity contribution in [2.24, 2.45) is 0 Å². The molecule has 0 radical (unpaired) electrons. The predicted molar refractivity (Wildman–Crippen MR) is 136 cm³/mol. The molecule has 3 aromatic rings. The summed E-state index contributed by atoms with van der Waals surface area (Å²) in [5.41, 5.74) is 3.81. The van der Waals surface area contributed by atoms with Crippen LogP contribution in [0.1, 0.15) is 17.7 Å². The Kier molecular flexibility index (Phi) is 12.1. The number of benzene rings is 1. The van der Waals surface area contributed by atoms with Crippen molar-refractivity contribution in [3.05, 3.63) is 64.3 Å². The Morgan fingerprint density at radius 3 is 2.17 bits per heavy atom. The summed E-state index contributed by atoms with van der Waals surface area (Å²) in [6.45, 7) is 6.99. The fraction of sp³-hybridized carbons (Fsp3) is 0.360. The van der Waals surface area contributed by atoms with Crippen molar-refractivity contribution < 1.29 is 46.1 Å². The van der Waals surface area contributed by atoms with Crippen molar-refractivity contribution in [1.29, 1.82) is 0 Å². The maximum absolute atomic E-state index is 12.3. The van der Waals surface area contributed by atoms with Crippen LogP contribution in [0.25, 0.3) is 22.8 Å². The van der Waals surface area contributed by atoms with Crippen molar-refractivity contribution in [3.63, 3.8) is 0 Å². The number of nitrogens with zero attached hydrogens (tertiary/aromatic N) is 4. The summed E-state index contributed by atoms with van der Waals surface area (Å²) < 4.78 is 63.5. The molecular weight excluding hydrogens is 578 g/mol. The first-order chi connectivity index (χ1) is 19.6. The monoisotopic (exact) mass is 604 g/mol. The number of carbonyl (C=O) groups is 2. The van der Waals surface area contributed by atoms with E-state index in [1.165, 1.54) is 11.6 Å². The minimum atomic E-state index is -5.08. The van der Waals surface area contributed by atoms with Gasteiger partial charge in [0.05, 0.1) is 11.4 Å². The summed E-state index contributed by atoms with van der Waals surface area (Å²) >= 11 is 0. The Morgan fingerprint density at radius 2 is 1.57 bits per heavy atom. The van der Waals surface area contributed by atoms with Crippen LogP contribution in [-0.4, -0.2) is 85.5 Å². The van der Waals surface area contributed by atoms with Gasteiger partial charge in [-0.15, -0.1) is 0 Å². The molecule has 0 unspecified atom stereocenters. The maximum atomic E-state index is 12.3. The molecular formula is C25H26F6N6O5. The number of H-pyrrole nitrogens is 1. The summed E-state index contributed by atoms with van der Waals surface area (Å²) in [5.74, 6) is -4.97. The average Bonchev–Trinajstić information content (AvgIpc) is 3.17. The Balaban J connectivity index is 0.000000367. The van der Waals surface area contributed by atoms with E-state index in [2.05, 4.69) is 42.3 Å². The molecule has 0 saturated carbocycles. The number of hydrogen-bond donors (Lipinski definition) is 4. The van der Waals surface area contributed by atoms with E-state index >= 15 is 0 Å². The van der Waals surface area contributed by atoms with E-state index in [9.17, 15) is 31.1 Å². The third-order valence-electron chi connectivity index (χ3n) is 5.39. The van der Waals surface area contributed by atoms with Crippen LogP contribution >= 0.6 is 0 Å². The van der Waals surface area contributed by atoms with E-state index in [1.54, 1.807) is 12.4 Å². The second-order valence-electron chi connectivity index (χ2n) is 8.66.